The summed E-state index contributed by atoms with van der Waals surface area (Å²) in [6.07, 6.45) is 6.86. The Morgan fingerprint density at radius 1 is 1.22 bits per heavy atom. The third kappa shape index (κ3) is 4.87. The van der Waals surface area contributed by atoms with Crippen LogP contribution < -0.4 is 22.5 Å². The van der Waals surface area contributed by atoms with Crippen molar-refractivity contribution in [3.63, 3.8) is 0 Å². The highest BCUT2D eigenvalue weighted by atomic mass is 35.5. The molecule has 18 heavy (non-hydrogen) atoms. The van der Waals surface area contributed by atoms with Crippen LogP contribution in [-0.2, 0) is 6.54 Å². The quantitative estimate of drug-likeness (QED) is 0.840. The van der Waals surface area contributed by atoms with Crippen molar-refractivity contribution in [2.24, 2.45) is 0 Å². The minimum absolute atomic E-state index is 0. The zero-order valence-electron chi connectivity index (χ0n) is 11.1. The van der Waals surface area contributed by atoms with Crippen molar-refractivity contribution in [1.29, 1.82) is 0 Å². The van der Waals surface area contributed by atoms with Crippen molar-refractivity contribution >= 4 is 0 Å². The van der Waals surface area contributed by atoms with Gasteiger partial charge >= 0.3 is 0 Å². The van der Waals surface area contributed by atoms with Crippen molar-refractivity contribution < 1.29 is 17.1 Å². The first-order chi connectivity index (χ1) is 8.38. The molecular weight excluding hydrogens is 246 g/mol. The second-order valence-corrected chi connectivity index (χ2v) is 4.80. The van der Waals surface area contributed by atoms with E-state index in [1.165, 1.54) is 37.7 Å². The summed E-state index contributed by atoms with van der Waals surface area (Å²) in [7, 11) is 0. The van der Waals surface area contributed by atoms with Crippen LogP contribution in [0.1, 0.15) is 44.6 Å². The summed E-state index contributed by atoms with van der Waals surface area (Å²) in [6, 6.07) is 9.12. The Morgan fingerprint density at radius 2 is 2.00 bits per heavy atom. The number of hydrogen-bond acceptors (Lipinski definition) is 2. The van der Waals surface area contributed by atoms with Crippen molar-refractivity contribution in [2.45, 2.75) is 51.6 Å². The Kier molecular flexibility index (Phi) is 7.14. The van der Waals surface area contributed by atoms with Crippen LogP contribution in [0.3, 0.4) is 0 Å². The number of hydrogen-bond donors (Lipinski definition) is 1. The molecule has 0 unspecified atom stereocenters. The fraction of sp³-hybridized carbons (Fsp3) is 0.600. The maximum Gasteiger partial charge on any atom is 0.119 e. The average Bonchev–Trinajstić information content (AvgIpc) is 2.39. The summed E-state index contributed by atoms with van der Waals surface area (Å²) >= 11 is 0. The molecule has 0 amide bonds. The predicted octanol–water partition coefficient (Wildman–Crippen LogP) is 0.512. The molecule has 1 aliphatic rings. The monoisotopic (exact) mass is 268 g/mol. The second kappa shape index (κ2) is 8.39. The molecule has 1 aliphatic carbocycles. The number of halogens is 1. The van der Waals surface area contributed by atoms with E-state index < -0.39 is 0 Å². The maximum atomic E-state index is 5.51. The first-order valence-corrected chi connectivity index (χ1v) is 6.83. The lowest BCUT2D eigenvalue weighted by atomic mass is 9.95. The SMILES string of the molecule is CCOc1cccc(CNC2CCCCC2)c1.[Cl-]. The Labute approximate surface area is 117 Å². The zero-order chi connectivity index (χ0) is 11.9. The average molecular weight is 269 g/mol. The summed E-state index contributed by atoms with van der Waals surface area (Å²) in [5.74, 6) is 0.982. The Bertz CT molecular complexity index is 337. The molecule has 1 aromatic carbocycles. The van der Waals surface area contributed by atoms with Crippen LogP contribution in [0.2, 0.25) is 0 Å². The van der Waals surface area contributed by atoms with Gasteiger partial charge in [-0.05, 0) is 37.5 Å². The highest BCUT2D eigenvalue weighted by Gasteiger charge is 2.12. The van der Waals surface area contributed by atoms with Crippen LogP contribution in [0.25, 0.3) is 0 Å². The third-order valence-corrected chi connectivity index (χ3v) is 3.41. The van der Waals surface area contributed by atoms with Crippen LogP contribution in [0.4, 0.5) is 0 Å². The van der Waals surface area contributed by atoms with Gasteiger partial charge in [0.1, 0.15) is 5.75 Å². The Balaban J connectivity index is 0.00000162. The number of nitrogens with one attached hydrogen (secondary N) is 1. The van der Waals surface area contributed by atoms with E-state index in [0.29, 0.717) is 0 Å². The Morgan fingerprint density at radius 3 is 2.72 bits per heavy atom. The van der Waals surface area contributed by atoms with Crippen LogP contribution in [0, 0.1) is 0 Å². The zero-order valence-corrected chi connectivity index (χ0v) is 11.9. The summed E-state index contributed by atoms with van der Waals surface area (Å²) < 4.78 is 5.51. The van der Waals surface area contributed by atoms with Gasteiger partial charge in [0.2, 0.25) is 0 Å². The van der Waals surface area contributed by atoms with Gasteiger partial charge in [0.25, 0.3) is 0 Å². The largest absolute Gasteiger partial charge is 1.00 e. The molecule has 0 atom stereocenters. The maximum absolute atomic E-state index is 5.51. The molecule has 1 N–H and O–H groups in total. The number of ether oxygens (including phenoxy) is 1. The van der Waals surface area contributed by atoms with Crippen molar-refractivity contribution in [1.82, 2.24) is 5.32 Å². The van der Waals surface area contributed by atoms with Crippen molar-refractivity contribution in [3.05, 3.63) is 29.8 Å². The lowest BCUT2D eigenvalue weighted by Crippen LogP contribution is -3.00. The molecule has 102 valence electrons. The van der Waals surface area contributed by atoms with Gasteiger partial charge in [-0.1, -0.05) is 31.4 Å². The lowest BCUT2D eigenvalue weighted by molar-refractivity contribution is -0.00000423. The third-order valence-electron chi connectivity index (χ3n) is 3.41. The molecule has 0 saturated heterocycles. The molecule has 0 heterocycles. The number of benzene rings is 1. The fourth-order valence-electron chi connectivity index (χ4n) is 2.48. The van der Waals surface area contributed by atoms with Crippen LogP contribution in [0.15, 0.2) is 24.3 Å². The summed E-state index contributed by atoms with van der Waals surface area (Å²) in [4.78, 5) is 0. The van der Waals surface area contributed by atoms with Crippen LogP contribution >= 0.6 is 0 Å². The first kappa shape index (κ1) is 15.3. The van der Waals surface area contributed by atoms with Gasteiger partial charge in [0.15, 0.2) is 0 Å². The van der Waals surface area contributed by atoms with E-state index in [2.05, 4.69) is 23.5 Å². The smallest absolute Gasteiger partial charge is 0.119 e. The molecule has 0 aliphatic heterocycles. The Hall–Kier alpha value is -0.730. The summed E-state index contributed by atoms with van der Waals surface area (Å²) in [6.45, 7) is 3.72. The molecule has 2 nitrogen and oxygen atoms in total. The summed E-state index contributed by atoms with van der Waals surface area (Å²) in [5, 5.41) is 3.65. The number of rotatable bonds is 5. The van der Waals surface area contributed by atoms with Gasteiger partial charge in [-0.25, -0.2) is 0 Å². The van der Waals surface area contributed by atoms with Gasteiger partial charge in [-0.2, -0.15) is 0 Å². The highest BCUT2D eigenvalue weighted by Crippen LogP contribution is 2.18. The van der Waals surface area contributed by atoms with E-state index >= 15 is 0 Å². The van der Waals surface area contributed by atoms with E-state index in [9.17, 15) is 0 Å². The lowest BCUT2D eigenvalue weighted by Gasteiger charge is -2.22. The molecule has 0 radical (unpaired) electrons. The molecule has 0 spiro atoms. The van der Waals surface area contributed by atoms with Crippen LogP contribution in [-0.4, -0.2) is 12.6 Å². The van der Waals surface area contributed by atoms with Gasteiger partial charge in [-0.3, -0.25) is 0 Å². The minimum atomic E-state index is 0. The second-order valence-electron chi connectivity index (χ2n) is 4.80. The predicted molar refractivity (Wildman–Crippen MR) is 71.3 cm³/mol. The van der Waals surface area contributed by atoms with Gasteiger partial charge < -0.3 is 22.5 Å². The van der Waals surface area contributed by atoms with E-state index in [1.807, 2.05) is 13.0 Å². The van der Waals surface area contributed by atoms with Crippen LogP contribution in [0.5, 0.6) is 5.75 Å². The van der Waals surface area contributed by atoms with E-state index in [0.717, 1.165) is 24.9 Å². The van der Waals surface area contributed by atoms with E-state index in [-0.39, 0.29) is 12.4 Å². The minimum Gasteiger partial charge on any atom is -1.00 e. The van der Waals surface area contributed by atoms with Gasteiger partial charge in [0, 0.05) is 12.6 Å². The van der Waals surface area contributed by atoms with Crippen molar-refractivity contribution in [2.75, 3.05) is 6.61 Å². The molecule has 1 aromatic rings. The topological polar surface area (TPSA) is 21.3 Å². The normalized spacial score (nSPS) is 16.1. The van der Waals surface area contributed by atoms with E-state index in [1.54, 1.807) is 0 Å². The summed E-state index contributed by atoms with van der Waals surface area (Å²) in [5.41, 5.74) is 1.32. The van der Waals surface area contributed by atoms with E-state index in [4.69, 9.17) is 4.74 Å². The fourth-order valence-corrected chi connectivity index (χ4v) is 2.48. The standard InChI is InChI=1S/C15H23NO.ClH/c1-2-17-15-10-6-7-13(11-15)12-16-14-8-4-3-5-9-14;/h6-7,10-11,14,16H,2-5,8-9,12H2,1H3;1H/p-1. The van der Waals surface area contributed by atoms with Gasteiger partial charge in [-0.15, -0.1) is 0 Å². The van der Waals surface area contributed by atoms with Crippen molar-refractivity contribution in [3.8, 4) is 5.75 Å². The molecular formula is C15H23ClNO-. The molecule has 2 rings (SSSR count). The molecule has 1 saturated carbocycles. The molecule has 3 heteroatoms. The molecule has 1 fully saturated rings. The van der Waals surface area contributed by atoms with Gasteiger partial charge in [0.05, 0.1) is 6.61 Å². The molecule has 0 aromatic heterocycles. The highest BCUT2D eigenvalue weighted by molar-refractivity contribution is 5.28. The first-order valence-electron chi connectivity index (χ1n) is 6.83. The molecule has 0 bridgehead atoms.